The van der Waals surface area contributed by atoms with Crippen LogP contribution in [0.15, 0.2) is 23.2 Å². The van der Waals surface area contributed by atoms with E-state index in [0.29, 0.717) is 13.1 Å². The van der Waals surface area contributed by atoms with Gasteiger partial charge in [-0.2, -0.15) is 11.8 Å². The lowest BCUT2D eigenvalue weighted by Gasteiger charge is -2.23. The molecular weight excluding hydrogens is 346 g/mol. The van der Waals surface area contributed by atoms with Crippen LogP contribution in [0.2, 0.25) is 0 Å². The highest BCUT2D eigenvalue weighted by atomic mass is 32.2. The molecule has 2 rings (SSSR count). The standard InChI is InChI=1S/C20H33N3O2S/c1-5-16(4)25-18-11-15(3)7-8-17(18)12-22-19(21-6-2)23-13-20(24)9-10-26-14-20/h7-8,11,16,24H,5-6,9-10,12-14H2,1-4H3,(H2,21,22,23). The summed E-state index contributed by atoms with van der Waals surface area (Å²) in [6, 6.07) is 6.25. The summed E-state index contributed by atoms with van der Waals surface area (Å²) in [6.45, 7) is 10.2. The fraction of sp³-hybridized carbons (Fsp3) is 0.650. The molecule has 0 aliphatic carbocycles. The topological polar surface area (TPSA) is 65.9 Å². The third kappa shape index (κ3) is 6.40. The number of nitrogens with zero attached hydrogens (tertiary/aromatic N) is 1. The highest BCUT2D eigenvalue weighted by Crippen LogP contribution is 2.27. The van der Waals surface area contributed by atoms with Gasteiger partial charge in [0.25, 0.3) is 0 Å². The number of hydrogen-bond donors (Lipinski definition) is 3. The number of benzene rings is 1. The van der Waals surface area contributed by atoms with Crippen LogP contribution in [0.25, 0.3) is 0 Å². The molecule has 1 aromatic carbocycles. The molecule has 6 heteroatoms. The Morgan fingerprint density at radius 2 is 2.19 bits per heavy atom. The Labute approximate surface area is 162 Å². The van der Waals surface area contributed by atoms with Gasteiger partial charge in [0.2, 0.25) is 0 Å². The van der Waals surface area contributed by atoms with Gasteiger partial charge in [-0.15, -0.1) is 0 Å². The second-order valence-corrected chi connectivity index (χ2v) is 8.13. The van der Waals surface area contributed by atoms with Gasteiger partial charge in [-0.3, -0.25) is 0 Å². The van der Waals surface area contributed by atoms with Crippen molar-refractivity contribution in [3.05, 3.63) is 29.3 Å². The minimum Gasteiger partial charge on any atom is -0.490 e. The van der Waals surface area contributed by atoms with E-state index in [0.717, 1.165) is 48.2 Å². The molecule has 3 N–H and O–H groups in total. The second kappa shape index (κ2) is 10.1. The van der Waals surface area contributed by atoms with Crippen LogP contribution in [0, 0.1) is 6.92 Å². The van der Waals surface area contributed by atoms with Crippen molar-refractivity contribution in [2.75, 3.05) is 24.6 Å². The van der Waals surface area contributed by atoms with Crippen LogP contribution in [0.3, 0.4) is 0 Å². The summed E-state index contributed by atoms with van der Waals surface area (Å²) in [5, 5.41) is 17.1. The van der Waals surface area contributed by atoms with Crippen molar-refractivity contribution in [2.24, 2.45) is 4.99 Å². The summed E-state index contributed by atoms with van der Waals surface area (Å²) in [7, 11) is 0. The van der Waals surface area contributed by atoms with E-state index < -0.39 is 5.60 Å². The van der Waals surface area contributed by atoms with Crippen molar-refractivity contribution in [1.82, 2.24) is 10.6 Å². The minimum absolute atomic E-state index is 0.181. The Balaban J connectivity index is 2.05. The van der Waals surface area contributed by atoms with E-state index in [1.165, 1.54) is 5.56 Å². The molecule has 1 aromatic rings. The van der Waals surface area contributed by atoms with Gasteiger partial charge in [-0.25, -0.2) is 4.99 Å². The Morgan fingerprint density at radius 1 is 1.38 bits per heavy atom. The summed E-state index contributed by atoms with van der Waals surface area (Å²) < 4.78 is 6.07. The zero-order valence-corrected chi connectivity index (χ0v) is 17.3. The zero-order chi connectivity index (χ0) is 19.0. The number of hydrogen-bond acceptors (Lipinski definition) is 4. The molecule has 0 spiro atoms. The average Bonchev–Trinajstić information content (AvgIpc) is 3.05. The Hall–Kier alpha value is -1.40. The van der Waals surface area contributed by atoms with Crippen molar-refractivity contribution in [2.45, 2.75) is 58.8 Å². The number of nitrogens with one attached hydrogen (secondary N) is 2. The average molecular weight is 380 g/mol. The molecule has 0 radical (unpaired) electrons. The predicted molar refractivity (Wildman–Crippen MR) is 111 cm³/mol. The minimum atomic E-state index is -0.629. The Kier molecular flexibility index (Phi) is 8.10. The van der Waals surface area contributed by atoms with E-state index in [4.69, 9.17) is 9.73 Å². The van der Waals surface area contributed by atoms with Crippen molar-refractivity contribution in [3.63, 3.8) is 0 Å². The summed E-state index contributed by atoms with van der Waals surface area (Å²) in [5.41, 5.74) is 1.63. The Bertz CT molecular complexity index is 601. The van der Waals surface area contributed by atoms with Crippen LogP contribution in [0.4, 0.5) is 0 Å². The quantitative estimate of drug-likeness (QED) is 0.478. The summed E-state index contributed by atoms with van der Waals surface area (Å²) in [4.78, 5) is 4.70. The molecule has 1 saturated heterocycles. The number of thioether (sulfide) groups is 1. The summed E-state index contributed by atoms with van der Waals surface area (Å²) >= 11 is 1.80. The zero-order valence-electron chi connectivity index (χ0n) is 16.5. The SMILES string of the molecule is CCNC(=NCc1ccc(C)cc1OC(C)CC)NCC1(O)CCSC1. The van der Waals surface area contributed by atoms with Crippen LogP contribution in [0.5, 0.6) is 5.75 Å². The number of aryl methyl sites for hydroxylation is 1. The van der Waals surface area contributed by atoms with Gasteiger partial charge in [-0.1, -0.05) is 19.1 Å². The smallest absolute Gasteiger partial charge is 0.191 e. The molecule has 1 fully saturated rings. The summed E-state index contributed by atoms with van der Waals surface area (Å²) in [5.74, 6) is 3.44. The molecule has 146 valence electrons. The van der Waals surface area contributed by atoms with E-state index in [9.17, 15) is 5.11 Å². The maximum Gasteiger partial charge on any atom is 0.191 e. The molecule has 0 amide bonds. The lowest BCUT2D eigenvalue weighted by atomic mass is 10.0. The fourth-order valence-electron chi connectivity index (χ4n) is 2.69. The molecule has 1 aliphatic heterocycles. The van der Waals surface area contributed by atoms with Crippen LogP contribution < -0.4 is 15.4 Å². The van der Waals surface area contributed by atoms with E-state index in [1.54, 1.807) is 11.8 Å². The van der Waals surface area contributed by atoms with Crippen LogP contribution >= 0.6 is 11.8 Å². The van der Waals surface area contributed by atoms with Crippen molar-refractivity contribution < 1.29 is 9.84 Å². The largest absolute Gasteiger partial charge is 0.490 e. The number of aliphatic hydroxyl groups is 1. The van der Waals surface area contributed by atoms with E-state index in [1.807, 2.05) is 6.92 Å². The first-order valence-electron chi connectivity index (χ1n) is 9.54. The van der Waals surface area contributed by atoms with Crippen molar-refractivity contribution >= 4 is 17.7 Å². The highest BCUT2D eigenvalue weighted by Gasteiger charge is 2.31. The number of ether oxygens (including phenoxy) is 1. The second-order valence-electron chi connectivity index (χ2n) is 7.02. The van der Waals surface area contributed by atoms with Gasteiger partial charge >= 0.3 is 0 Å². The maximum atomic E-state index is 10.5. The molecule has 2 unspecified atom stereocenters. The predicted octanol–water partition coefficient (Wildman–Crippen LogP) is 3.10. The maximum absolute atomic E-state index is 10.5. The number of aliphatic imine (C=N–C) groups is 1. The normalized spacial score (nSPS) is 21.5. The van der Waals surface area contributed by atoms with Gasteiger partial charge in [0.15, 0.2) is 5.96 Å². The lowest BCUT2D eigenvalue weighted by Crippen LogP contribution is -2.47. The molecule has 1 heterocycles. The van der Waals surface area contributed by atoms with Crippen molar-refractivity contribution in [3.8, 4) is 5.75 Å². The third-order valence-electron chi connectivity index (χ3n) is 4.54. The molecule has 0 saturated carbocycles. The molecular formula is C20H33N3O2S. The first kappa shape index (κ1) is 20.9. The third-order valence-corrected chi connectivity index (χ3v) is 5.78. The molecule has 5 nitrogen and oxygen atoms in total. The van der Waals surface area contributed by atoms with Gasteiger partial charge in [0.1, 0.15) is 5.75 Å². The first-order valence-corrected chi connectivity index (χ1v) is 10.7. The Morgan fingerprint density at radius 3 is 2.85 bits per heavy atom. The van der Waals surface area contributed by atoms with Crippen LogP contribution in [-0.2, 0) is 6.54 Å². The van der Waals surface area contributed by atoms with Gasteiger partial charge < -0.3 is 20.5 Å². The molecule has 1 aliphatic rings. The fourth-order valence-corrected chi connectivity index (χ4v) is 3.99. The van der Waals surface area contributed by atoms with Crippen LogP contribution in [-0.4, -0.2) is 47.4 Å². The first-order chi connectivity index (χ1) is 12.5. The highest BCUT2D eigenvalue weighted by molar-refractivity contribution is 7.99. The molecule has 0 bridgehead atoms. The van der Waals surface area contributed by atoms with E-state index in [2.05, 4.69) is 49.6 Å². The van der Waals surface area contributed by atoms with Crippen molar-refractivity contribution in [1.29, 1.82) is 0 Å². The van der Waals surface area contributed by atoms with E-state index in [-0.39, 0.29) is 6.10 Å². The molecule has 2 atom stereocenters. The summed E-state index contributed by atoms with van der Waals surface area (Å²) in [6.07, 6.45) is 1.98. The monoisotopic (exact) mass is 379 g/mol. The number of guanidine groups is 1. The van der Waals surface area contributed by atoms with Crippen LogP contribution in [0.1, 0.15) is 44.7 Å². The van der Waals surface area contributed by atoms with Gasteiger partial charge in [0, 0.05) is 24.4 Å². The van der Waals surface area contributed by atoms with E-state index >= 15 is 0 Å². The molecule has 0 aromatic heterocycles. The number of rotatable bonds is 8. The van der Waals surface area contributed by atoms with Gasteiger partial charge in [0.05, 0.1) is 18.2 Å². The molecule has 26 heavy (non-hydrogen) atoms. The van der Waals surface area contributed by atoms with Gasteiger partial charge in [-0.05, 0) is 51.0 Å². The lowest BCUT2D eigenvalue weighted by molar-refractivity contribution is 0.0724.